The van der Waals surface area contributed by atoms with Gasteiger partial charge < -0.3 is 10.1 Å². The van der Waals surface area contributed by atoms with Crippen molar-refractivity contribution >= 4 is 27.4 Å². The van der Waals surface area contributed by atoms with Crippen LogP contribution in [0, 0.1) is 0 Å². The van der Waals surface area contributed by atoms with E-state index >= 15 is 0 Å². The number of rotatable bonds is 2. The third kappa shape index (κ3) is 1.69. The number of carbonyl (C=O) groups excluding carboxylic acids is 1. The van der Waals surface area contributed by atoms with E-state index in [1.807, 2.05) is 12.1 Å². The predicted molar refractivity (Wildman–Crippen MR) is 60.7 cm³/mol. The summed E-state index contributed by atoms with van der Waals surface area (Å²) in [6, 6.07) is 6.09. The molecule has 14 heavy (non-hydrogen) atoms. The van der Waals surface area contributed by atoms with E-state index in [2.05, 4.69) is 27.3 Å². The number of fused-ring (bicyclic) bond motifs is 1. The van der Waals surface area contributed by atoms with Gasteiger partial charge in [-0.3, -0.25) is 0 Å². The monoisotopic (exact) mass is 253 g/mol. The lowest BCUT2D eigenvalue weighted by molar-refractivity contribution is -0.117. The summed E-state index contributed by atoms with van der Waals surface area (Å²) in [6.45, 7) is 2.52. The third-order valence-electron chi connectivity index (χ3n) is 2.53. The highest BCUT2D eigenvalue weighted by Gasteiger charge is 2.25. The Bertz CT molecular complexity index is 376. The smallest absolute Gasteiger partial charge is 0.130 e. The van der Waals surface area contributed by atoms with E-state index in [-0.39, 0.29) is 5.78 Å². The summed E-state index contributed by atoms with van der Waals surface area (Å²) in [6.07, 6.45) is 0.628. The molecule has 1 aliphatic rings. The fraction of sp³-hybridized carbons (Fsp3) is 0.364. The lowest BCUT2D eigenvalue weighted by atomic mass is 9.96. The minimum Gasteiger partial charge on any atom is -0.384 e. The van der Waals surface area contributed by atoms with Gasteiger partial charge in [-0.05, 0) is 24.6 Å². The molecule has 0 spiro atoms. The largest absolute Gasteiger partial charge is 0.384 e. The number of anilines is 1. The van der Waals surface area contributed by atoms with Gasteiger partial charge in [0.25, 0.3) is 0 Å². The normalized spacial score (nSPS) is 18.9. The van der Waals surface area contributed by atoms with Crippen LogP contribution >= 0.6 is 15.9 Å². The molecule has 1 aromatic rings. The maximum Gasteiger partial charge on any atom is 0.130 e. The zero-order valence-electron chi connectivity index (χ0n) is 8.01. The average molecular weight is 254 g/mol. The van der Waals surface area contributed by atoms with Gasteiger partial charge in [0.05, 0.1) is 0 Å². The molecule has 1 aliphatic heterocycles. The maximum atomic E-state index is 11.1. The second-order valence-corrected chi connectivity index (χ2v) is 4.54. The molecule has 0 saturated heterocycles. The number of hydrogen-bond acceptors (Lipinski definition) is 2. The van der Waals surface area contributed by atoms with E-state index in [0.29, 0.717) is 12.3 Å². The van der Waals surface area contributed by atoms with Crippen LogP contribution in [-0.4, -0.2) is 12.3 Å². The van der Waals surface area contributed by atoms with E-state index in [0.717, 1.165) is 16.7 Å². The summed E-state index contributed by atoms with van der Waals surface area (Å²) < 4.78 is 1.10. The van der Waals surface area contributed by atoms with E-state index in [1.165, 1.54) is 5.56 Å². The van der Waals surface area contributed by atoms with Gasteiger partial charge in [-0.2, -0.15) is 0 Å². The highest BCUT2D eigenvalue weighted by molar-refractivity contribution is 9.10. The summed E-state index contributed by atoms with van der Waals surface area (Å²) in [7, 11) is 0. The van der Waals surface area contributed by atoms with Gasteiger partial charge in [0.15, 0.2) is 0 Å². The number of carbonyl (C=O) groups is 1. The molecule has 1 atom stereocenters. The van der Waals surface area contributed by atoms with Crippen LogP contribution in [0.5, 0.6) is 0 Å². The highest BCUT2D eigenvalue weighted by Crippen LogP contribution is 2.38. The molecule has 0 aromatic heterocycles. The molecule has 0 aliphatic carbocycles. The van der Waals surface area contributed by atoms with Crippen molar-refractivity contribution in [1.82, 2.24) is 0 Å². The maximum absolute atomic E-state index is 11.1. The van der Waals surface area contributed by atoms with Gasteiger partial charge in [-0.15, -0.1) is 0 Å². The topological polar surface area (TPSA) is 29.1 Å². The van der Waals surface area contributed by atoms with Crippen LogP contribution in [0.15, 0.2) is 22.7 Å². The number of Topliss-reactive ketones (excluding diaryl/α,β-unsaturated/α-hetero) is 1. The van der Waals surface area contributed by atoms with Crippen LogP contribution in [0.25, 0.3) is 0 Å². The van der Waals surface area contributed by atoms with Crippen molar-refractivity contribution in [2.45, 2.75) is 19.3 Å². The Labute approximate surface area is 91.8 Å². The fourth-order valence-corrected chi connectivity index (χ4v) is 2.65. The number of nitrogens with one attached hydrogen (secondary N) is 1. The average Bonchev–Trinajstić information content (AvgIpc) is 2.49. The molecule has 1 N–H and O–H groups in total. The summed E-state index contributed by atoms with van der Waals surface area (Å²) in [5.41, 5.74) is 2.41. The zero-order chi connectivity index (χ0) is 10.1. The summed E-state index contributed by atoms with van der Waals surface area (Å²) >= 11 is 3.53. The van der Waals surface area contributed by atoms with Gasteiger partial charge in [0, 0.05) is 29.0 Å². The lowest BCUT2D eigenvalue weighted by Crippen LogP contribution is -2.06. The molecule has 0 bridgehead atoms. The second kappa shape index (κ2) is 3.73. The molecule has 2 nitrogen and oxygen atoms in total. The lowest BCUT2D eigenvalue weighted by Gasteiger charge is -2.08. The number of halogens is 1. The van der Waals surface area contributed by atoms with Crippen molar-refractivity contribution in [3.63, 3.8) is 0 Å². The first-order valence-electron chi connectivity index (χ1n) is 4.70. The standard InChI is InChI=1S/C11H12BrNO/c1-7(14)5-8-6-13-10-4-2-3-9(12)11(8)10/h2-4,8,13H,5-6H2,1H3. The quantitative estimate of drug-likeness (QED) is 0.879. The van der Waals surface area contributed by atoms with Crippen molar-refractivity contribution in [2.75, 3.05) is 11.9 Å². The van der Waals surface area contributed by atoms with Crippen molar-refractivity contribution in [2.24, 2.45) is 0 Å². The first-order chi connectivity index (χ1) is 6.68. The molecule has 2 rings (SSSR count). The third-order valence-corrected chi connectivity index (χ3v) is 3.23. The number of hydrogen-bond donors (Lipinski definition) is 1. The Morgan fingerprint density at radius 1 is 1.64 bits per heavy atom. The Morgan fingerprint density at radius 2 is 2.43 bits per heavy atom. The molecule has 0 amide bonds. The molecular formula is C11H12BrNO. The molecule has 0 radical (unpaired) electrons. The molecule has 3 heteroatoms. The molecule has 0 saturated carbocycles. The molecule has 0 fully saturated rings. The molecule has 1 aromatic carbocycles. The van der Waals surface area contributed by atoms with Crippen LogP contribution in [-0.2, 0) is 4.79 Å². The van der Waals surface area contributed by atoms with Crippen LogP contribution < -0.4 is 5.32 Å². The Balaban J connectivity index is 2.33. The van der Waals surface area contributed by atoms with Crippen LogP contribution in [0.4, 0.5) is 5.69 Å². The fourth-order valence-electron chi connectivity index (χ4n) is 1.96. The molecular weight excluding hydrogens is 242 g/mol. The highest BCUT2D eigenvalue weighted by atomic mass is 79.9. The Hall–Kier alpha value is -0.830. The summed E-state index contributed by atoms with van der Waals surface area (Å²) in [5.74, 6) is 0.582. The minimum absolute atomic E-state index is 0.250. The summed E-state index contributed by atoms with van der Waals surface area (Å²) in [5, 5.41) is 3.31. The van der Waals surface area contributed by atoms with Crippen LogP contribution in [0.3, 0.4) is 0 Å². The molecule has 1 heterocycles. The molecule has 74 valence electrons. The van der Waals surface area contributed by atoms with E-state index in [4.69, 9.17) is 0 Å². The first kappa shape index (κ1) is 9.71. The van der Waals surface area contributed by atoms with E-state index < -0.39 is 0 Å². The first-order valence-corrected chi connectivity index (χ1v) is 5.49. The van der Waals surface area contributed by atoms with E-state index in [1.54, 1.807) is 6.92 Å². The predicted octanol–water partition coefficient (Wildman–Crippen LogP) is 2.94. The Morgan fingerprint density at radius 3 is 3.14 bits per heavy atom. The van der Waals surface area contributed by atoms with Gasteiger partial charge >= 0.3 is 0 Å². The minimum atomic E-state index is 0.250. The van der Waals surface area contributed by atoms with Crippen LogP contribution in [0.2, 0.25) is 0 Å². The van der Waals surface area contributed by atoms with Crippen molar-refractivity contribution < 1.29 is 4.79 Å². The van der Waals surface area contributed by atoms with Crippen molar-refractivity contribution in [3.05, 3.63) is 28.2 Å². The SMILES string of the molecule is CC(=O)CC1CNc2cccc(Br)c21. The Kier molecular flexibility index (Phi) is 2.59. The molecule has 1 unspecified atom stereocenters. The van der Waals surface area contributed by atoms with E-state index in [9.17, 15) is 4.79 Å². The van der Waals surface area contributed by atoms with Gasteiger partial charge in [-0.1, -0.05) is 22.0 Å². The summed E-state index contributed by atoms with van der Waals surface area (Å²) in [4.78, 5) is 11.1. The van der Waals surface area contributed by atoms with Gasteiger partial charge in [-0.25, -0.2) is 0 Å². The van der Waals surface area contributed by atoms with Crippen molar-refractivity contribution in [1.29, 1.82) is 0 Å². The van der Waals surface area contributed by atoms with Crippen molar-refractivity contribution in [3.8, 4) is 0 Å². The van der Waals surface area contributed by atoms with Crippen LogP contribution in [0.1, 0.15) is 24.8 Å². The van der Waals surface area contributed by atoms with Gasteiger partial charge in [0.2, 0.25) is 0 Å². The number of benzene rings is 1. The van der Waals surface area contributed by atoms with Gasteiger partial charge in [0.1, 0.15) is 5.78 Å². The number of ketones is 1. The zero-order valence-corrected chi connectivity index (χ0v) is 9.60. The second-order valence-electron chi connectivity index (χ2n) is 3.69.